The Balaban J connectivity index is 3.50. The number of halogens is 2. The maximum Gasteiger partial charge on any atom is 0.330 e. The molecule has 58 valence electrons. The molecular weight excluding hydrogens is 148 g/mol. The predicted molar refractivity (Wildman–Crippen MR) is 26.9 cm³/mol. The highest BCUT2D eigenvalue weighted by Gasteiger charge is 2.14. The van der Waals surface area contributed by atoms with Crippen LogP contribution in [0.1, 0.15) is 0 Å². The fourth-order valence-corrected chi connectivity index (χ4v) is 0.178. The first-order valence-corrected chi connectivity index (χ1v) is 2.17. The Morgan fingerprint density at radius 2 is 1.80 bits per heavy atom. The number of carbonyl (C=O) groups is 2. The number of carbonyl (C=O) groups excluding carboxylic acids is 2. The predicted octanol–water partition coefficient (Wildman–Crippen LogP) is -1.05. The number of urea groups is 1. The minimum atomic E-state index is -3.16. The van der Waals surface area contributed by atoms with E-state index in [0.29, 0.717) is 0 Å². The lowest BCUT2D eigenvalue weighted by Gasteiger charge is -2.01. The standard InChI is InChI=1S/C3H5F2N3O2/c4-1(5)2(9)7-8-3(6)10/h1H,(H,7,9)(H3,6,8,10). The van der Waals surface area contributed by atoms with Crippen molar-refractivity contribution in [2.75, 3.05) is 0 Å². The van der Waals surface area contributed by atoms with Crippen molar-refractivity contribution >= 4 is 11.9 Å². The second-order valence-corrected chi connectivity index (χ2v) is 1.28. The van der Waals surface area contributed by atoms with E-state index in [4.69, 9.17) is 0 Å². The number of primary amides is 1. The van der Waals surface area contributed by atoms with Crippen molar-refractivity contribution in [2.45, 2.75) is 6.43 Å². The maximum atomic E-state index is 11.3. The average Bonchev–Trinajstić information content (AvgIpc) is 1.82. The lowest BCUT2D eigenvalue weighted by Crippen LogP contribution is -2.46. The highest BCUT2D eigenvalue weighted by Crippen LogP contribution is 1.88. The number of rotatable bonds is 1. The van der Waals surface area contributed by atoms with E-state index in [0.717, 1.165) is 0 Å². The first-order valence-electron chi connectivity index (χ1n) is 2.17. The summed E-state index contributed by atoms with van der Waals surface area (Å²) in [6.45, 7) is 0. The van der Waals surface area contributed by atoms with Crippen molar-refractivity contribution in [3.8, 4) is 0 Å². The topological polar surface area (TPSA) is 84.2 Å². The quantitative estimate of drug-likeness (QED) is 0.420. The minimum Gasteiger partial charge on any atom is -0.350 e. The van der Waals surface area contributed by atoms with Crippen LogP contribution >= 0.6 is 0 Å². The van der Waals surface area contributed by atoms with Crippen LogP contribution in [0.2, 0.25) is 0 Å². The molecule has 0 aromatic heterocycles. The van der Waals surface area contributed by atoms with Crippen molar-refractivity contribution in [1.29, 1.82) is 0 Å². The third-order valence-electron chi connectivity index (χ3n) is 0.507. The summed E-state index contributed by atoms with van der Waals surface area (Å²) < 4.78 is 22.5. The van der Waals surface area contributed by atoms with Gasteiger partial charge >= 0.3 is 18.4 Å². The molecule has 0 aliphatic heterocycles. The van der Waals surface area contributed by atoms with Gasteiger partial charge in [0, 0.05) is 0 Å². The Kier molecular flexibility index (Phi) is 3.09. The first kappa shape index (κ1) is 8.60. The highest BCUT2D eigenvalue weighted by molar-refractivity contribution is 5.82. The minimum absolute atomic E-state index is 1.10. The fourth-order valence-electron chi connectivity index (χ4n) is 0.178. The number of amides is 3. The monoisotopic (exact) mass is 153 g/mol. The van der Waals surface area contributed by atoms with Gasteiger partial charge in [0.05, 0.1) is 0 Å². The van der Waals surface area contributed by atoms with Crippen LogP contribution in [0.25, 0.3) is 0 Å². The molecule has 7 heteroatoms. The summed E-state index contributed by atoms with van der Waals surface area (Å²) >= 11 is 0. The van der Waals surface area contributed by atoms with Gasteiger partial charge in [-0.05, 0) is 0 Å². The van der Waals surface area contributed by atoms with Crippen LogP contribution in [-0.4, -0.2) is 18.4 Å². The van der Waals surface area contributed by atoms with Crippen LogP contribution in [0.3, 0.4) is 0 Å². The van der Waals surface area contributed by atoms with E-state index in [-0.39, 0.29) is 0 Å². The van der Waals surface area contributed by atoms with E-state index in [2.05, 4.69) is 5.73 Å². The summed E-state index contributed by atoms with van der Waals surface area (Å²) in [6.07, 6.45) is -3.16. The molecule has 0 unspecified atom stereocenters. The zero-order chi connectivity index (χ0) is 8.15. The molecule has 0 spiro atoms. The Morgan fingerprint density at radius 3 is 2.10 bits per heavy atom. The largest absolute Gasteiger partial charge is 0.350 e. The van der Waals surface area contributed by atoms with Crippen molar-refractivity contribution in [2.24, 2.45) is 5.73 Å². The zero-order valence-electron chi connectivity index (χ0n) is 4.73. The Morgan fingerprint density at radius 1 is 1.30 bits per heavy atom. The van der Waals surface area contributed by atoms with E-state index in [1.54, 1.807) is 0 Å². The third kappa shape index (κ3) is 3.58. The molecule has 0 radical (unpaired) electrons. The molecule has 0 atom stereocenters. The smallest absolute Gasteiger partial charge is 0.330 e. The molecule has 3 amide bonds. The summed E-state index contributed by atoms with van der Waals surface area (Å²) in [4.78, 5) is 19.7. The van der Waals surface area contributed by atoms with Gasteiger partial charge in [0.1, 0.15) is 0 Å². The maximum absolute atomic E-state index is 11.3. The van der Waals surface area contributed by atoms with Crippen molar-refractivity contribution in [3.05, 3.63) is 0 Å². The molecular formula is C3H5F2N3O2. The first-order chi connectivity index (χ1) is 4.54. The third-order valence-corrected chi connectivity index (χ3v) is 0.507. The average molecular weight is 153 g/mol. The summed E-state index contributed by atoms with van der Waals surface area (Å²) in [7, 11) is 0. The van der Waals surface area contributed by atoms with Crippen LogP contribution in [0.4, 0.5) is 13.6 Å². The molecule has 0 aromatic carbocycles. The molecule has 10 heavy (non-hydrogen) atoms. The number of nitrogens with two attached hydrogens (primary N) is 1. The molecule has 0 aliphatic carbocycles. The molecule has 0 saturated heterocycles. The summed E-state index contributed by atoms with van der Waals surface area (Å²) in [6, 6.07) is -1.10. The number of alkyl halides is 2. The number of hydrogen-bond acceptors (Lipinski definition) is 2. The van der Waals surface area contributed by atoms with Crippen molar-refractivity contribution in [3.63, 3.8) is 0 Å². The van der Waals surface area contributed by atoms with Gasteiger partial charge in [-0.25, -0.2) is 10.2 Å². The fraction of sp³-hybridized carbons (Fsp3) is 0.333. The van der Waals surface area contributed by atoms with Gasteiger partial charge in [0.15, 0.2) is 0 Å². The Labute approximate surface area is 54.5 Å². The zero-order valence-corrected chi connectivity index (χ0v) is 4.73. The molecule has 5 nitrogen and oxygen atoms in total. The molecule has 0 fully saturated rings. The van der Waals surface area contributed by atoms with Gasteiger partial charge in [-0.3, -0.25) is 10.2 Å². The van der Waals surface area contributed by atoms with Gasteiger partial charge in [0.2, 0.25) is 0 Å². The van der Waals surface area contributed by atoms with Crippen LogP contribution in [-0.2, 0) is 4.79 Å². The molecule has 0 saturated carbocycles. The number of hydrogen-bond donors (Lipinski definition) is 3. The molecule has 4 N–H and O–H groups in total. The van der Waals surface area contributed by atoms with Crippen LogP contribution in [0.5, 0.6) is 0 Å². The summed E-state index contributed by atoms with van der Waals surface area (Å²) in [5, 5.41) is 0. The molecule has 0 aromatic rings. The second kappa shape index (κ2) is 3.59. The Hall–Kier alpha value is -1.40. The van der Waals surface area contributed by atoms with Crippen LogP contribution in [0, 0.1) is 0 Å². The van der Waals surface area contributed by atoms with Gasteiger partial charge in [-0.15, -0.1) is 0 Å². The van der Waals surface area contributed by atoms with Gasteiger partial charge in [-0.2, -0.15) is 8.78 Å². The SMILES string of the molecule is NC(=O)NNC(=O)C(F)F. The van der Waals surface area contributed by atoms with E-state index < -0.39 is 18.4 Å². The highest BCUT2D eigenvalue weighted by atomic mass is 19.3. The molecule has 0 rings (SSSR count). The molecule has 0 bridgehead atoms. The van der Waals surface area contributed by atoms with E-state index in [1.165, 1.54) is 10.9 Å². The van der Waals surface area contributed by atoms with Gasteiger partial charge in [0.25, 0.3) is 0 Å². The van der Waals surface area contributed by atoms with Gasteiger partial charge < -0.3 is 5.73 Å². The van der Waals surface area contributed by atoms with Crippen LogP contribution in [0.15, 0.2) is 0 Å². The summed E-state index contributed by atoms with van der Waals surface area (Å²) in [5.74, 6) is -1.60. The summed E-state index contributed by atoms with van der Waals surface area (Å²) in [5.41, 5.74) is 7.29. The van der Waals surface area contributed by atoms with E-state index in [9.17, 15) is 18.4 Å². The second-order valence-electron chi connectivity index (χ2n) is 1.28. The lowest BCUT2D eigenvalue weighted by atomic mass is 10.7. The van der Waals surface area contributed by atoms with E-state index >= 15 is 0 Å². The molecule has 0 aliphatic rings. The van der Waals surface area contributed by atoms with Crippen molar-refractivity contribution in [1.82, 2.24) is 10.9 Å². The number of hydrazine groups is 1. The van der Waals surface area contributed by atoms with E-state index in [1.807, 2.05) is 0 Å². The van der Waals surface area contributed by atoms with Crippen LogP contribution < -0.4 is 16.6 Å². The normalized spacial score (nSPS) is 9.10. The van der Waals surface area contributed by atoms with Gasteiger partial charge in [-0.1, -0.05) is 0 Å². The number of nitrogens with one attached hydrogen (secondary N) is 2. The Bertz CT molecular complexity index is 149. The molecule has 0 heterocycles. The van der Waals surface area contributed by atoms with Crippen molar-refractivity contribution < 1.29 is 18.4 Å². The lowest BCUT2D eigenvalue weighted by molar-refractivity contribution is -0.132.